The summed E-state index contributed by atoms with van der Waals surface area (Å²) in [6.45, 7) is 0.356. The predicted octanol–water partition coefficient (Wildman–Crippen LogP) is 2.17. The molecule has 1 aromatic rings. The molecule has 110 valence electrons. The maximum atomic E-state index is 13.2. The second kappa shape index (κ2) is 6.22. The summed E-state index contributed by atoms with van der Waals surface area (Å²) in [7, 11) is 0. The number of carbonyl (C=O) groups excluding carboxylic acids is 1. The maximum absolute atomic E-state index is 13.2. The number of urea groups is 1. The lowest BCUT2D eigenvalue weighted by Gasteiger charge is -2.32. The van der Waals surface area contributed by atoms with Gasteiger partial charge >= 0.3 is 12.0 Å². The van der Waals surface area contributed by atoms with E-state index in [0.717, 1.165) is 18.9 Å². The Morgan fingerprint density at radius 3 is 2.86 bits per heavy atom. The number of aliphatic carboxylic acids is 1. The molecule has 1 unspecified atom stereocenters. The van der Waals surface area contributed by atoms with Gasteiger partial charge in [0.15, 0.2) is 0 Å². The first-order chi connectivity index (χ1) is 10.0. The Balaban J connectivity index is 2.13. The number of carboxylic acid groups (broad SMARTS) is 1. The van der Waals surface area contributed by atoms with Crippen LogP contribution < -0.4 is 5.32 Å². The van der Waals surface area contributed by atoms with E-state index in [1.54, 1.807) is 6.07 Å². The van der Waals surface area contributed by atoms with E-state index >= 15 is 0 Å². The number of hydrogen-bond donors (Lipinski definition) is 2. The number of carbonyl (C=O) groups is 2. The summed E-state index contributed by atoms with van der Waals surface area (Å²) in [6, 6.07) is 3.90. The summed E-state index contributed by atoms with van der Waals surface area (Å²) in [5.41, 5.74) is 0.0777. The minimum Gasteiger partial charge on any atom is -0.480 e. The van der Waals surface area contributed by atoms with Crippen molar-refractivity contribution in [2.45, 2.75) is 25.3 Å². The molecule has 1 aliphatic rings. The molecule has 2 N–H and O–H groups in total. The zero-order chi connectivity index (χ0) is 15.4. The lowest BCUT2D eigenvalue weighted by atomic mass is 10.0. The van der Waals surface area contributed by atoms with Gasteiger partial charge in [0.2, 0.25) is 0 Å². The average molecular weight is 291 g/mol. The molecule has 6 nitrogen and oxygen atoms in total. The Bertz CT molecular complexity index is 612. The maximum Gasteiger partial charge on any atom is 0.326 e. The number of benzene rings is 1. The van der Waals surface area contributed by atoms with Gasteiger partial charge in [0.1, 0.15) is 17.9 Å². The van der Waals surface area contributed by atoms with Gasteiger partial charge in [-0.2, -0.15) is 5.26 Å². The van der Waals surface area contributed by atoms with E-state index in [-0.39, 0.29) is 11.3 Å². The normalized spacial score (nSPS) is 17.9. The number of halogens is 1. The van der Waals surface area contributed by atoms with E-state index in [1.165, 1.54) is 17.0 Å². The van der Waals surface area contributed by atoms with Gasteiger partial charge in [-0.15, -0.1) is 0 Å². The van der Waals surface area contributed by atoms with Crippen molar-refractivity contribution in [2.75, 3.05) is 11.9 Å². The van der Waals surface area contributed by atoms with E-state index in [0.29, 0.717) is 13.0 Å². The molecule has 0 aliphatic carbocycles. The Morgan fingerprint density at radius 2 is 2.19 bits per heavy atom. The van der Waals surface area contributed by atoms with Crippen LogP contribution in [0.2, 0.25) is 0 Å². The van der Waals surface area contributed by atoms with Crippen LogP contribution in [0.15, 0.2) is 18.2 Å². The summed E-state index contributed by atoms with van der Waals surface area (Å²) in [5, 5.41) is 20.4. The highest BCUT2D eigenvalue weighted by atomic mass is 19.1. The molecule has 0 bridgehead atoms. The Kier molecular flexibility index (Phi) is 4.38. The molecule has 2 rings (SSSR count). The van der Waals surface area contributed by atoms with Gasteiger partial charge in [-0.05, 0) is 37.5 Å². The molecule has 0 spiro atoms. The van der Waals surface area contributed by atoms with Crippen LogP contribution in [-0.2, 0) is 4.79 Å². The summed E-state index contributed by atoms with van der Waals surface area (Å²) in [5.74, 6) is -1.71. The van der Waals surface area contributed by atoms with Crippen molar-refractivity contribution in [1.82, 2.24) is 4.90 Å². The molecule has 0 radical (unpaired) electrons. The highest BCUT2D eigenvalue weighted by Gasteiger charge is 2.31. The molecule has 0 aromatic heterocycles. The number of nitriles is 1. The highest BCUT2D eigenvalue weighted by Crippen LogP contribution is 2.20. The SMILES string of the molecule is N#Cc1cc(NC(=O)N2CCCCC2C(=O)O)ccc1F. The third-order valence-electron chi connectivity index (χ3n) is 3.39. The fourth-order valence-corrected chi connectivity index (χ4v) is 2.32. The largest absolute Gasteiger partial charge is 0.480 e. The second-order valence-corrected chi connectivity index (χ2v) is 4.78. The van der Waals surface area contributed by atoms with Crippen LogP contribution in [0.1, 0.15) is 24.8 Å². The van der Waals surface area contributed by atoms with Crippen molar-refractivity contribution in [3.05, 3.63) is 29.6 Å². The highest BCUT2D eigenvalue weighted by molar-refractivity contribution is 5.92. The molecule has 1 aliphatic heterocycles. The molecular weight excluding hydrogens is 277 g/mol. The number of carboxylic acids is 1. The van der Waals surface area contributed by atoms with Crippen LogP contribution in [0.4, 0.5) is 14.9 Å². The van der Waals surface area contributed by atoms with Crippen LogP contribution in [-0.4, -0.2) is 34.6 Å². The molecular formula is C14H14FN3O3. The van der Waals surface area contributed by atoms with E-state index in [4.69, 9.17) is 10.4 Å². The third-order valence-corrected chi connectivity index (χ3v) is 3.39. The quantitative estimate of drug-likeness (QED) is 0.873. The molecule has 7 heteroatoms. The number of anilines is 1. The van der Waals surface area contributed by atoms with E-state index in [2.05, 4.69) is 5.32 Å². The van der Waals surface area contributed by atoms with E-state index in [9.17, 15) is 14.0 Å². The molecule has 1 heterocycles. The molecule has 1 aromatic carbocycles. The number of nitrogens with zero attached hydrogens (tertiary/aromatic N) is 2. The van der Waals surface area contributed by atoms with Crippen LogP contribution in [0.3, 0.4) is 0 Å². The lowest BCUT2D eigenvalue weighted by Crippen LogP contribution is -2.49. The second-order valence-electron chi connectivity index (χ2n) is 4.78. The number of hydrogen-bond acceptors (Lipinski definition) is 3. The molecule has 21 heavy (non-hydrogen) atoms. The average Bonchev–Trinajstić information content (AvgIpc) is 2.49. The Morgan fingerprint density at radius 1 is 1.43 bits per heavy atom. The van der Waals surface area contributed by atoms with Gasteiger partial charge in [-0.1, -0.05) is 0 Å². The Labute approximate surface area is 120 Å². The minimum atomic E-state index is -1.04. The van der Waals surface area contributed by atoms with Gasteiger partial charge in [0, 0.05) is 12.2 Å². The molecule has 1 atom stereocenters. The fourth-order valence-electron chi connectivity index (χ4n) is 2.32. The van der Waals surface area contributed by atoms with E-state index < -0.39 is 23.9 Å². The first kappa shape index (κ1) is 14.8. The van der Waals surface area contributed by atoms with Crippen LogP contribution in [0.5, 0.6) is 0 Å². The summed E-state index contributed by atoms with van der Waals surface area (Å²) in [4.78, 5) is 24.5. The number of piperidine rings is 1. The van der Waals surface area contributed by atoms with Gasteiger partial charge in [-0.3, -0.25) is 0 Å². The predicted molar refractivity (Wildman–Crippen MR) is 72.1 cm³/mol. The summed E-state index contributed by atoms with van der Waals surface area (Å²) >= 11 is 0. The first-order valence-electron chi connectivity index (χ1n) is 6.53. The third kappa shape index (κ3) is 3.28. The van der Waals surface area contributed by atoms with Gasteiger partial charge in [0.05, 0.1) is 5.56 Å². The topological polar surface area (TPSA) is 93.4 Å². The van der Waals surface area contributed by atoms with Crippen molar-refractivity contribution < 1.29 is 19.1 Å². The van der Waals surface area contributed by atoms with Crippen molar-refractivity contribution >= 4 is 17.7 Å². The molecule has 0 saturated carbocycles. The summed E-state index contributed by atoms with van der Waals surface area (Å²) < 4.78 is 13.2. The van der Waals surface area contributed by atoms with Crippen LogP contribution in [0.25, 0.3) is 0 Å². The van der Waals surface area contributed by atoms with Gasteiger partial charge < -0.3 is 15.3 Å². The number of likely N-dealkylation sites (tertiary alicyclic amines) is 1. The number of amides is 2. The van der Waals surface area contributed by atoms with Gasteiger partial charge in [-0.25, -0.2) is 14.0 Å². The standard InChI is InChI=1S/C14H14FN3O3/c15-11-5-4-10(7-9(11)8-16)17-14(21)18-6-2-1-3-12(18)13(19)20/h4-5,7,12H,1-3,6H2,(H,17,21)(H,19,20). The fraction of sp³-hybridized carbons (Fsp3) is 0.357. The zero-order valence-electron chi connectivity index (χ0n) is 11.2. The minimum absolute atomic E-state index is 0.179. The smallest absolute Gasteiger partial charge is 0.326 e. The monoisotopic (exact) mass is 291 g/mol. The Hall–Kier alpha value is -2.62. The van der Waals surface area contributed by atoms with Crippen LogP contribution >= 0.6 is 0 Å². The molecule has 2 amide bonds. The van der Waals surface area contributed by atoms with Crippen LogP contribution in [0, 0.1) is 17.1 Å². The zero-order valence-corrected chi connectivity index (χ0v) is 11.2. The van der Waals surface area contributed by atoms with Crippen molar-refractivity contribution in [3.63, 3.8) is 0 Å². The molecule has 1 saturated heterocycles. The first-order valence-corrected chi connectivity index (χ1v) is 6.53. The lowest BCUT2D eigenvalue weighted by molar-refractivity contribution is -0.143. The van der Waals surface area contributed by atoms with E-state index in [1.807, 2.05) is 0 Å². The van der Waals surface area contributed by atoms with Crippen molar-refractivity contribution in [3.8, 4) is 6.07 Å². The summed E-state index contributed by atoms with van der Waals surface area (Å²) in [6.07, 6.45) is 1.91. The van der Waals surface area contributed by atoms with Gasteiger partial charge in [0.25, 0.3) is 0 Å². The molecule has 1 fully saturated rings. The van der Waals surface area contributed by atoms with Crippen molar-refractivity contribution in [2.24, 2.45) is 0 Å². The van der Waals surface area contributed by atoms with Crippen molar-refractivity contribution in [1.29, 1.82) is 5.26 Å². The number of rotatable bonds is 2. The number of nitrogens with one attached hydrogen (secondary N) is 1.